The molecule has 0 N–H and O–H groups in total. The summed E-state index contributed by atoms with van der Waals surface area (Å²) in [6.07, 6.45) is 13.3. The van der Waals surface area contributed by atoms with Crippen LogP contribution >= 0.6 is 0 Å². The minimum atomic E-state index is 0.456. The highest BCUT2D eigenvalue weighted by molar-refractivity contribution is 5.78. The molecule has 2 heteroatoms. The van der Waals surface area contributed by atoms with Crippen molar-refractivity contribution < 1.29 is 9.53 Å². The third-order valence-electron chi connectivity index (χ3n) is 4.31. The molecule has 1 aliphatic heterocycles. The maximum atomic E-state index is 11.7. The van der Waals surface area contributed by atoms with Crippen LogP contribution in [0.4, 0.5) is 0 Å². The van der Waals surface area contributed by atoms with Gasteiger partial charge in [-0.05, 0) is 38.0 Å². The van der Waals surface area contributed by atoms with E-state index in [1.165, 1.54) is 38.5 Å². The number of ether oxygens (including phenoxy) is 1. The molecule has 98 valence electrons. The summed E-state index contributed by atoms with van der Waals surface area (Å²) in [6, 6.07) is 0. The first-order chi connectivity index (χ1) is 8.34. The molecule has 0 bridgehead atoms. The molecule has 0 radical (unpaired) electrons. The quantitative estimate of drug-likeness (QED) is 0.673. The summed E-state index contributed by atoms with van der Waals surface area (Å²) in [4.78, 5) is 11.7. The van der Waals surface area contributed by atoms with E-state index in [9.17, 15) is 4.79 Å². The molecule has 2 nitrogen and oxygen atoms in total. The minimum absolute atomic E-state index is 0.456. The zero-order chi connectivity index (χ0) is 11.9. The van der Waals surface area contributed by atoms with Gasteiger partial charge in [0.05, 0.1) is 6.10 Å². The fourth-order valence-electron chi connectivity index (χ4n) is 3.19. The highest BCUT2D eigenvalue weighted by Gasteiger charge is 2.17. The predicted molar refractivity (Wildman–Crippen MR) is 69.0 cm³/mol. The van der Waals surface area contributed by atoms with Crippen molar-refractivity contribution in [3.63, 3.8) is 0 Å². The topological polar surface area (TPSA) is 26.3 Å². The number of hydrogen-bond donors (Lipinski definition) is 0. The van der Waals surface area contributed by atoms with Gasteiger partial charge < -0.3 is 4.74 Å². The van der Waals surface area contributed by atoms with Gasteiger partial charge in [-0.2, -0.15) is 0 Å². The van der Waals surface area contributed by atoms with Crippen LogP contribution in [0.5, 0.6) is 0 Å². The predicted octanol–water partition coefficient (Wildman–Crippen LogP) is 3.88. The van der Waals surface area contributed by atoms with E-state index in [4.69, 9.17) is 4.74 Å². The summed E-state index contributed by atoms with van der Waals surface area (Å²) in [5, 5.41) is 0. The lowest BCUT2D eigenvalue weighted by Crippen LogP contribution is -2.07. The first kappa shape index (κ1) is 13.1. The van der Waals surface area contributed by atoms with Gasteiger partial charge in [-0.15, -0.1) is 0 Å². The van der Waals surface area contributed by atoms with Crippen LogP contribution < -0.4 is 0 Å². The Hall–Kier alpha value is -0.370. The van der Waals surface area contributed by atoms with Gasteiger partial charge in [0.1, 0.15) is 5.78 Å². The highest BCUT2D eigenvalue weighted by Crippen LogP contribution is 2.28. The number of hydrogen-bond acceptors (Lipinski definition) is 2. The first-order valence-corrected chi connectivity index (χ1v) is 7.48. The Balaban J connectivity index is 1.48. The average Bonchev–Trinajstić information content (AvgIpc) is 2.99. The molecule has 1 aliphatic carbocycles. The Labute approximate surface area is 105 Å². The Morgan fingerprint density at radius 3 is 2.53 bits per heavy atom. The highest BCUT2D eigenvalue weighted by atomic mass is 16.5. The lowest BCUT2D eigenvalue weighted by molar-refractivity contribution is -0.119. The summed E-state index contributed by atoms with van der Waals surface area (Å²) in [7, 11) is 0. The second kappa shape index (κ2) is 7.15. The van der Waals surface area contributed by atoms with E-state index in [-0.39, 0.29) is 0 Å². The molecule has 0 aromatic heterocycles. The van der Waals surface area contributed by atoms with Gasteiger partial charge in [-0.3, -0.25) is 4.79 Å². The maximum Gasteiger partial charge on any atom is 0.132 e. The van der Waals surface area contributed by atoms with Crippen LogP contribution in [0.2, 0.25) is 0 Å². The molecule has 1 unspecified atom stereocenters. The van der Waals surface area contributed by atoms with Crippen molar-refractivity contribution in [3.8, 4) is 0 Å². The number of ketones is 1. The maximum absolute atomic E-state index is 11.7. The van der Waals surface area contributed by atoms with Crippen molar-refractivity contribution in [2.75, 3.05) is 6.61 Å². The number of carbonyl (C=O) groups excluding carboxylic acids is 1. The summed E-state index contributed by atoms with van der Waals surface area (Å²) < 4.78 is 5.56. The fourth-order valence-corrected chi connectivity index (χ4v) is 3.19. The second-order valence-electron chi connectivity index (χ2n) is 5.76. The van der Waals surface area contributed by atoms with Crippen molar-refractivity contribution in [3.05, 3.63) is 0 Å². The van der Waals surface area contributed by atoms with Crippen molar-refractivity contribution >= 4 is 5.78 Å². The molecule has 17 heavy (non-hydrogen) atoms. The summed E-state index contributed by atoms with van der Waals surface area (Å²) >= 11 is 0. The molecule has 2 fully saturated rings. The first-order valence-electron chi connectivity index (χ1n) is 7.48. The zero-order valence-electron chi connectivity index (χ0n) is 11.0. The van der Waals surface area contributed by atoms with Crippen molar-refractivity contribution in [1.29, 1.82) is 0 Å². The average molecular weight is 238 g/mol. The molecule has 1 atom stereocenters. The van der Waals surface area contributed by atoms with Crippen LogP contribution in [0.3, 0.4) is 0 Å². The van der Waals surface area contributed by atoms with E-state index in [1.807, 2.05) is 0 Å². The van der Waals surface area contributed by atoms with E-state index in [1.54, 1.807) is 0 Å². The molecule has 2 rings (SSSR count). The van der Waals surface area contributed by atoms with Crippen LogP contribution in [0.1, 0.15) is 70.6 Å². The second-order valence-corrected chi connectivity index (χ2v) is 5.76. The van der Waals surface area contributed by atoms with Crippen molar-refractivity contribution in [2.24, 2.45) is 5.92 Å². The molecule has 0 spiro atoms. The molecule has 1 saturated heterocycles. The number of rotatable bonds is 7. The monoisotopic (exact) mass is 238 g/mol. The van der Waals surface area contributed by atoms with Gasteiger partial charge in [0.2, 0.25) is 0 Å². The van der Waals surface area contributed by atoms with Crippen molar-refractivity contribution in [1.82, 2.24) is 0 Å². The van der Waals surface area contributed by atoms with E-state index in [0.29, 0.717) is 11.9 Å². The lowest BCUT2D eigenvalue weighted by Gasteiger charge is -2.09. The molecular weight excluding hydrogens is 212 g/mol. The molecular formula is C15H26O2. The van der Waals surface area contributed by atoms with Gasteiger partial charge >= 0.3 is 0 Å². The number of Topliss-reactive ketones (excluding diaryl/α,β-unsaturated/α-hetero) is 1. The van der Waals surface area contributed by atoms with E-state index >= 15 is 0 Å². The van der Waals surface area contributed by atoms with E-state index in [0.717, 1.165) is 44.6 Å². The fraction of sp³-hybridized carbons (Fsp3) is 0.933. The van der Waals surface area contributed by atoms with Gasteiger partial charge in [0, 0.05) is 19.4 Å². The minimum Gasteiger partial charge on any atom is -0.378 e. The largest absolute Gasteiger partial charge is 0.378 e. The summed E-state index contributed by atoms with van der Waals surface area (Å²) in [5.74, 6) is 1.34. The molecule has 0 aromatic carbocycles. The van der Waals surface area contributed by atoms with Crippen LogP contribution in [0.25, 0.3) is 0 Å². The standard InChI is InChI=1S/C15H26O2/c16-14(11-10-13-5-1-2-6-13)7-3-8-15-9-4-12-17-15/h13,15H,1-12H2. The molecule has 2 aliphatic rings. The molecule has 0 aromatic rings. The third kappa shape index (κ3) is 4.79. The SMILES string of the molecule is O=C(CCCC1CCCO1)CCC1CCCC1. The molecule has 0 amide bonds. The number of carbonyl (C=O) groups is 1. The van der Waals surface area contributed by atoms with Gasteiger partial charge in [-0.25, -0.2) is 0 Å². The summed E-state index contributed by atoms with van der Waals surface area (Å²) in [5.41, 5.74) is 0. The smallest absolute Gasteiger partial charge is 0.132 e. The summed E-state index contributed by atoms with van der Waals surface area (Å²) in [6.45, 7) is 0.931. The van der Waals surface area contributed by atoms with E-state index < -0.39 is 0 Å². The zero-order valence-corrected chi connectivity index (χ0v) is 11.0. The Bertz CT molecular complexity index is 225. The molecule has 1 saturated carbocycles. The van der Waals surface area contributed by atoms with Gasteiger partial charge in [0.25, 0.3) is 0 Å². The Morgan fingerprint density at radius 2 is 1.82 bits per heavy atom. The van der Waals surface area contributed by atoms with E-state index in [2.05, 4.69) is 0 Å². The van der Waals surface area contributed by atoms with Crippen LogP contribution in [-0.2, 0) is 9.53 Å². The van der Waals surface area contributed by atoms with Crippen LogP contribution in [-0.4, -0.2) is 18.5 Å². The normalized spacial score (nSPS) is 25.5. The lowest BCUT2D eigenvalue weighted by atomic mass is 9.98. The third-order valence-corrected chi connectivity index (χ3v) is 4.31. The van der Waals surface area contributed by atoms with Gasteiger partial charge in [-0.1, -0.05) is 25.7 Å². The molecule has 1 heterocycles. The van der Waals surface area contributed by atoms with Crippen molar-refractivity contribution in [2.45, 2.75) is 76.7 Å². The Morgan fingerprint density at radius 1 is 1.00 bits per heavy atom. The Kier molecular flexibility index (Phi) is 5.50. The van der Waals surface area contributed by atoms with Crippen LogP contribution in [0.15, 0.2) is 0 Å². The van der Waals surface area contributed by atoms with Crippen LogP contribution in [0, 0.1) is 5.92 Å². The van der Waals surface area contributed by atoms with Gasteiger partial charge in [0.15, 0.2) is 0 Å².